The lowest BCUT2D eigenvalue weighted by Crippen LogP contribution is -2.27. The summed E-state index contributed by atoms with van der Waals surface area (Å²) in [5.74, 6) is 6.67. The highest BCUT2D eigenvalue weighted by Crippen LogP contribution is 2.30. The zero-order valence-electron chi connectivity index (χ0n) is 10.8. The largest absolute Gasteiger partial charge is 0.368 e. The number of hydrogen-bond acceptors (Lipinski definition) is 6. The van der Waals surface area contributed by atoms with Crippen molar-refractivity contribution in [3.8, 4) is 0 Å². The summed E-state index contributed by atoms with van der Waals surface area (Å²) in [4.78, 5) is 9.57. The van der Waals surface area contributed by atoms with E-state index in [2.05, 4.69) is 68.0 Å². The fourth-order valence-corrected chi connectivity index (χ4v) is 2.96. The Labute approximate surface area is 124 Å². The fourth-order valence-electron chi connectivity index (χ4n) is 1.65. The number of rotatable bonds is 5. The molecular formula is C12H16BrN5S. The smallest absolute Gasteiger partial charge is 0.159 e. The van der Waals surface area contributed by atoms with Crippen LogP contribution in [0.1, 0.15) is 18.7 Å². The number of thiophene rings is 1. The molecule has 7 heteroatoms. The summed E-state index contributed by atoms with van der Waals surface area (Å²) in [6.45, 7) is 5.17. The van der Waals surface area contributed by atoms with E-state index in [1.807, 2.05) is 0 Å². The number of nitrogen functional groups attached to an aromatic ring is 1. The lowest BCUT2D eigenvalue weighted by molar-refractivity contribution is 0.568. The Balaban J connectivity index is 2.11. The van der Waals surface area contributed by atoms with Crippen molar-refractivity contribution in [2.45, 2.75) is 19.3 Å². The molecule has 0 unspecified atom stereocenters. The van der Waals surface area contributed by atoms with Gasteiger partial charge in [-0.1, -0.05) is 19.9 Å². The van der Waals surface area contributed by atoms with E-state index in [9.17, 15) is 0 Å². The summed E-state index contributed by atoms with van der Waals surface area (Å²) in [6.07, 6.45) is 1.47. The molecule has 5 nitrogen and oxygen atoms in total. The van der Waals surface area contributed by atoms with E-state index in [0.717, 1.165) is 16.8 Å². The van der Waals surface area contributed by atoms with E-state index in [0.29, 0.717) is 5.82 Å². The molecule has 2 aromatic rings. The van der Waals surface area contributed by atoms with E-state index >= 15 is 0 Å². The highest BCUT2D eigenvalue weighted by atomic mass is 79.9. The maximum Gasteiger partial charge on any atom is 0.159 e. The van der Waals surface area contributed by atoms with E-state index in [1.165, 1.54) is 11.2 Å². The topological polar surface area (TPSA) is 75.9 Å². The first kappa shape index (κ1) is 14.2. The molecule has 0 amide bonds. The van der Waals surface area contributed by atoms with Gasteiger partial charge in [-0.3, -0.25) is 0 Å². The highest BCUT2D eigenvalue weighted by Gasteiger charge is 2.22. The first-order valence-electron chi connectivity index (χ1n) is 5.79. The molecule has 0 spiro atoms. The van der Waals surface area contributed by atoms with Gasteiger partial charge in [0.05, 0.1) is 0 Å². The van der Waals surface area contributed by atoms with Crippen LogP contribution in [0.25, 0.3) is 0 Å². The predicted octanol–water partition coefficient (Wildman–Crippen LogP) is 2.98. The van der Waals surface area contributed by atoms with Crippen LogP contribution in [0.15, 0.2) is 28.3 Å². The minimum Gasteiger partial charge on any atom is -0.368 e. The number of hydrazine groups is 1. The normalized spacial score (nSPS) is 11.4. The van der Waals surface area contributed by atoms with Gasteiger partial charge in [0, 0.05) is 16.8 Å². The standard InChI is InChI=1S/C12H16BrN5S/c1-12(2,8-4-3-5-19-8)6-15-10-9(13)11(18-14)17-7-16-10/h3-5,7H,6,14H2,1-2H3,(H2,15,16,17,18). The van der Waals surface area contributed by atoms with Crippen LogP contribution in [0.5, 0.6) is 0 Å². The average Bonchev–Trinajstić information content (AvgIpc) is 2.92. The summed E-state index contributed by atoms with van der Waals surface area (Å²) < 4.78 is 0.736. The Kier molecular flexibility index (Phi) is 4.38. The molecular weight excluding hydrogens is 326 g/mol. The number of anilines is 2. The third-order valence-electron chi connectivity index (χ3n) is 2.81. The number of hydrogen-bond donors (Lipinski definition) is 3. The summed E-state index contributed by atoms with van der Waals surface area (Å²) in [5, 5.41) is 5.42. The maximum atomic E-state index is 5.38. The van der Waals surface area contributed by atoms with Crippen molar-refractivity contribution in [2.75, 3.05) is 17.3 Å². The maximum absolute atomic E-state index is 5.38. The first-order chi connectivity index (χ1) is 9.04. The average molecular weight is 342 g/mol. The van der Waals surface area contributed by atoms with E-state index in [-0.39, 0.29) is 5.41 Å². The van der Waals surface area contributed by atoms with Gasteiger partial charge in [0.2, 0.25) is 0 Å². The monoisotopic (exact) mass is 341 g/mol. The van der Waals surface area contributed by atoms with Gasteiger partial charge in [-0.15, -0.1) is 11.3 Å². The lowest BCUT2D eigenvalue weighted by Gasteiger charge is -2.24. The molecule has 19 heavy (non-hydrogen) atoms. The molecule has 0 aromatic carbocycles. The van der Waals surface area contributed by atoms with Crippen LogP contribution >= 0.6 is 27.3 Å². The zero-order chi connectivity index (χ0) is 13.9. The van der Waals surface area contributed by atoms with Gasteiger partial charge < -0.3 is 10.7 Å². The van der Waals surface area contributed by atoms with Crippen LogP contribution in [0.3, 0.4) is 0 Å². The van der Waals surface area contributed by atoms with E-state index in [1.54, 1.807) is 11.3 Å². The third kappa shape index (κ3) is 3.23. The molecule has 0 aliphatic rings. The van der Waals surface area contributed by atoms with Crippen molar-refractivity contribution < 1.29 is 0 Å². The molecule has 0 aliphatic carbocycles. The highest BCUT2D eigenvalue weighted by molar-refractivity contribution is 9.10. The lowest BCUT2D eigenvalue weighted by atomic mass is 9.91. The molecule has 102 valence electrons. The fraction of sp³-hybridized carbons (Fsp3) is 0.333. The van der Waals surface area contributed by atoms with Crippen LogP contribution in [0.2, 0.25) is 0 Å². The zero-order valence-corrected chi connectivity index (χ0v) is 13.2. The van der Waals surface area contributed by atoms with Crippen LogP contribution in [-0.2, 0) is 5.41 Å². The Hall–Kier alpha value is -1.18. The van der Waals surface area contributed by atoms with Crippen molar-refractivity contribution in [1.82, 2.24) is 9.97 Å². The summed E-state index contributed by atoms with van der Waals surface area (Å²) in [7, 11) is 0. The molecule has 2 heterocycles. The molecule has 0 saturated carbocycles. The minimum atomic E-state index is 0.0366. The number of aromatic nitrogens is 2. The quantitative estimate of drug-likeness (QED) is 0.575. The summed E-state index contributed by atoms with van der Waals surface area (Å²) >= 11 is 5.19. The Morgan fingerprint density at radius 3 is 2.74 bits per heavy atom. The molecule has 0 bridgehead atoms. The van der Waals surface area contributed by atoms with E-state index in [4.69, 9.17) is 5.84 Å². The van der Waals surface area contributed by atoms with Gasteiger partial charge in [-0.05, 0) is 27.4 Å². The number of nitrogens with zero attached hydrogens (tertiary/aromatic N) is 2. The predicted molar refractivity (Wildman–Crippen MR) is 83.4 cm³/mol. The van der Waals surface area contributed by atoms with Gasteiger partial charge in [0.1, 0.15) is 16.6 Å². The molecule has 0 atom stereocenters. The van der Waals surface area contributed by atoms with Crippen LogP contribution in [0.4, 0.5) is 11.6 Å². The second kappa shape index (κ2) is 5.85. The molecule has 0 radical (unpaired) electrons. The van der Waals surface area contributed by atoms with Gasteiger partial charge in [0.25, 0.3) is 0 Å². The number of nitrogens with two attached hydrogens (primary N) is 1. The molecule has 0 fully saturated rings. The number of nitrogens with one attached hydrogen (secondary N) is 2. The van der Waals surface area contributed by atoms with Gasteiger partial charge in [-0.2, -0.15) is 0 Å². The Morgan fingerprint density at radius 1 is 1.37 bits per heavy atom. The van der Waals surface area contributed by atoms with Gasteiger partial charge in [0.15, 0.2) is 5.82 Å². The SMILES string of the molecule is CC(C)(CNc1ncnc(NN)c1Br)c1cccs1. The van der Waals surface area contributed by atoms with Crippen molar-refractivity contribution in [3.05, 3.63) is 33.2 Å². The van der Waals surface area contributed by atoms with Crippen LogP contribution < -0.4 is 16.6 Å². The third-order valence-corrected chi connectivity index (χ3v) is 4.80. The Bertz CT molecular complexity index is 541. The Morgan fingerprint density at radius 2 is 2.11 bits per heavy atom. The molecule has 4 N–H and O–H groups in total. The first-order valence-corrected chi connectivity index (χ1v) is 7.47. The van der Waals surface area contributed by atoms with Gasteiger partial charge in [-0.25, -0.2) is 15.8 Å². The van der Waals surface area contributed by atoms with Gasteiger partial charge >= 0.3 is 0 Å². The molecule has 2 rings (SSSR count). The van der Waals surface area contributed by atoms with Crippen molar-refractivity contribution in [1.29, 1.82) is 0 Å². The van der Waals surface area contributed by atoms with Crippen molar-refractivity contribution in [2.24, 2.45) is 5.84 Å². The second-order valence-electron chi connectivity index (χ2n) is 4.74. The summed E-state index contributed by atoms with van der Waals surface area (Å²) in [5.41, 5.74) is 2.56. The minimum absolute atomic E-state index is 0.0366. The van der Waals surface area contributed by atoms with Crippen LogP contribution in [0, 0.1) is 0 Å². The second-order valence-corrected chi connectivity index (χ2v) is 6.48. The van der Waals surface area contributed by atoms with Crippen LogP contribution in [-0.4, -0.2) is 16.5 Å². The van der Waals surface area contributed by atoms with E-state index < -0.39 is 0 Å². The molecule has 0 saturated heterocycles. The summed E-state index contributed by atoms with van der Waals surface area (Å²) in [6, 6.07) is 4.22. The number of halogens is 1. The molecule has 0 aliphatic heterocycles. The molecule has 2 aromatic heterocycles. The van der Waals surface area contributed by atoms with Crippen molar-refractivity contribution >= 4 is 38.9 Å². The van der Waals surface area contributed by atoms with Crippen molar-refractivity contribution in [3.63, 3.8) is 0 Å².